The van der Waals surface area contributed by atoms with Crippen LogP contribution in [-0.2, 0) is 5.41 Å². The summed E-state index contributed by atoms with van der Waals surface area (Å²) in [7, 11) is 0. The number of nitrogens with zero attached hydrogens (tertiary/aromatic N) is 2. The van der Waals surface area contributed by atoms with Crippen LogP contribution in [0.2, 0.25) is 0 Å². The first-order valence-electron chi connectivity index (χ1n) is 26.1. The first-order valence-corrected chi connectivity index (χ1v) is 26.1. The van der Waals surface area contributed by atoms with Crippen molar-refractivity contribution < 1.29 is 0 Å². The third-order valence-corrected chi connectivity index (χ3v) is 16.6. The maximum absolute atomic E-state index is 2.53. The Morgan fingerprint density at radius 2 is 0.760 bits per heavy atom. The van der Waals surface area contributed by atoms with Crippen molar-refractivity contribution in [3.8, 4) is 39.1 Å². The van der Waals surface area contributed by atoms with Crippen LogP contribution in [0.1, 0.15) is 44.5 Å². The van der Waals surface area contributed by atoms with E-state index in [1.807, 2.05) is 0 Å². The lowest BCUT2D eigenvalue weighted by atomic mass is 9.70. The molecule has 2 heteroatoms. The molecule has 0 amide bonds. The van der Waals surface area contributed by atoms with Gasteiger partial charge in [0.2, 0.25) is 0 Å². The molecule has 13 aromatic rings. The summed E-state index contributed by atoms with van der Waals surface area (Å²) in [5.41, 5.74) is 26.6. The lowest BCUT2D eigenvalue weighted by molar-refractivity contribution is 0.793. The number of rotatable bonds is 6. The maximum atomic E-state index is 2.53. The summed E-state index contributed by atoms with van der Waals surface area (Å²) in [5, 5.41) is 4.87. The van der Waals surface area contributed by atoms with Gasteiger partial charge in [-0.3, -0.25) is 0 Å². The Morgan fingerprint density at radius 3 is 1.44 bits per heavy atom. The second-order valence-electron chi connectivity index (χ2n) is 20.3. The van der Waals surface area contributed by atoms with Gasteiger partial charge >= 0.3 is 0 Å². The minimum Gasteiger partial charge on any atom is -0.310 e. The fraction of sp³-hybridized carbons (Fsp3) is 0.0137. The Kier molecular flexibility index (Phi) is 8.99. The summed E-state index contributed by atoms with van der Waals surface area (Å²) in [4.78, 5) is 2.53. The van der Waals surface area contributed by atoms with Crippen molar-refractivity contribution in [2.24, 2.45) is 0 Å². The van der Waals surface area contributed by atoms with Gasteiger partial charge in [0.1, 0.15) is 0 Å². The van der Waals surface area contributed by atoms with Crippen molar-refractivity contribution >= 4 is 60.8 Å². The standard InChI is InChI=1S/C73H46N2/c1-3-21-48(22-4-1)71(49-23-5-2-6-24-49)72-61-32-10-9-27-54(61)55-41-38-50(45-63(55)72)74(51-40-43-70-62(44-51)60-31-14-18-36-69(60)75(70)68-37-19-25-47-20-7-8-26-53(47)68)52-39-42-59-58-30-13-17-35-66(58)73(67(59)46-52)64-33-15-11-28-56(64)57-29-12-16-34-65(57)73/h1-46H. The molecule has 1 aromatic heterocycles. The molecular formula is C73H46N2. The zero-order valence-electron chi connectivity index (χ0n) is 41.0. The number of anilines is 3. The molecule has 0 saturated carbocycles. The third-order valence-electron chi connectivity index (χ3n) is 16.6. The first-order chi connectivity index (χ1) is 37.2. The summed E-state index contributed by atoms with van der Waals surface area (Å²) in [6.07, 6.45) is 0. The lowest BCUT2D eigenvalue weighted by Crippen LogP contribution is -2.26. The molecule has 0 atom stereocenters. The molecule has 0 N–H and O–H groups in total. The van der Waals surface area contributed by atoms with Crippen LogP contribution in [0.5, 0.6) is 0 Å². The van der Waals surface area contributed by atoms with E-state index in [0.717, 1.165) is 17.1 Å². The van der Waals surface area contributed by atoms with Gasteiger partial charge in [0.25, 0.3) is 0 Å². The molecule has 0 aliphatic heterocycles. The van der Waals surface area contributed by atoms with Crippen molar-refractivity contribution in [3.63, 3.8) is 0 Å². The number of para-hydroxylation sites is 1. The van der Waals surface area contributed by atoms with Crippen LogP contribution in [0.25, 0.3) is 82.8 Å². The van der Waals surface area contributed by atoms with Crippen molar-refractivity contribution in [2.45, 2.75) is 5.41 Å². The van der Waals surface area contributed by atoms with E-state index in [2.05, 4.69) is 289 Å². The van der Waals surface area contributed by atoms with Gasteiger partial charge in [-0.25, -0.2) is 0 Å². The molecule has 3 aliphatic carbocycles. The average Bonchev–Trinajstić information content (AvgIpc) is 4.36. The largest absolute Gasteiger partial charge is 0.310 e. The van der Waals surface area contributed by atoms with E-state index in [4.69, 9.17) is 0 Å². The highest BCUT2D eigenvalue weighted by Crippen LogP contribution is 2.63. The molecular weight excluding hydrogens is 905 g/mol. The fourth-order valence-corrected chi connectivity index (χ4v) is 13.6. The number of aromatic nitrogens is 1. The molecule has 1 heterocycles. The normalized spacial score (nSPS) is 13.1. The SMILES string of the molecule is c1ccc(C(=C2c3ccccc3-c3ccc(N(c4ccc5c(c4)C4(c6ccccc6-c6ccccc64)c4ccccc4-5)c4ccc5c(c4)c4ccccc4n5-c4cccc5ccccc45)cc32)c2ccccc2)cc1. The minimum absolute atomic E-state index is 0.494. The average molecular weight is 951 g/mol. The van der Waals surface area contributed by atoms with E-state index < -0.39 is 5.41 Å². The van der Waals surface area contributed by atoms with Crippen LogP contribution in [0, 0.1) is 0 Å². The van der Waals surface area contributed by atoms with Crippen molar-refractivity contribution in [1.82, 2.24) is 4.57 Å². The van der Waals surface area contributed by atoms with E-state index >= 15 is 0 Å². The van der Waals surface area contributed by atoms with E-state index in [9.17, 15) is 0 Å². The van der Waals surface area contributed by atoms with Gasteiger partial charge in [-0.2, -0.15) is 0 Å². The third kappa shape index (κ3) is 5.91. The molecule has 16 rings (SSSR count). The monoisotopic (exact) mass is 950 g/mol. The highest BCUT2D eigenvalue weighted by molar-refractivity contribution is 6.15. The van der Waals surface area contributed by atoms with E-state index in [1.54, 1.807) is 0 Å². The first kappa shape index (κ1) is 41.8. The van der Waals surface area contributed by atoms with Crippen molar-refractivity contribution in [2.75, 3.05) is 4.90 Å². The zero-order chi connectivity index (χ0) is 49.2. The Labute approximate surface area is 436 Å². The van der Waals surface area contributed by atoms with Gasteiger partial charge in [0.05, 0.1) is 22.1 Å². The van der Waals surface area contributed by atoms with Gasteiger partial charge in [0.15, 0.2) is 0 Å². The Bertz CT molecular complexity index is 4430. The van der Waals surface area contributed by atoms with Crippen LogP contribution >= 0.6 is 0 Å². The van der Waals surface area contributed by atoms with Crippen LogP contribution in [-0.4, -0.2) is 4.57 Å². The minimum atomic E-state index is -0.494. The predicted molar refractivity (Wildman–Crippen MR) is 313 cm³/mol. The summed E-state index contributed by atoms with van der Waals surface area (Å²) >= 11 is 0. The van der Waals surface area contributed by atoms with E-state index in [0.29, 0.717) is 0 Å². The smallest absolute Gasteiger partial charge is 0.0726 e. The summed E-state index contributed by atoms with van der Waals surface area (Å²) in [6, 6.07) is 104. The summed E-state index contributed by atoms with van der Waals surface area (Å²) in [6.45, 7) is 0. The quantitative estimate of drug-likeness (QED) is 0.161. The van der Waals surface area contributed by atoms with Crippen LogP contribution in [0.4, 0.5) is 17.1 Å². The topological polar surface area (TPSA) is 8.17 Å². The van der Waals surface area contributed by atoms with Crippen LogP contribution in [0.3, 0.4) is 0 Å². The Balaban J connectivity index is 0.982. The molecule has 348 valence electrons. The van der Waals surface area contributed by atoms with E-state index in [-0.39, 0.29) is 0 Å². The van der Waals surface area contributed by atoms with Gasteiger partial charge in [0, 0.05) is 33.2 Å². The molecule has 0 radical (unpaired) electrons. The Morgan fingerprint density at radius 1 is 0.293 bits per heavy atom. The molecule has 3 aliphatic rings. The highest BCUT2D eigenvalue weighted by atomic mass is 15.1. The number of fused-ring (bicyclic) bond motifs is 17. The summed E-state index contributed by atoms with van der Waals surface area (Å²) in [5.74, 6) is 0. The molecule has 2 nitrogen and oxygen atoms in total. The number of hydrogen-bond acceptors (Lipinski definition) is 1. The van der Waals surface area contributed by atoms with E-state index in [1.165, 1.54) is 127 Å². The van der Waals surface area contributed by atoms with Gasteiger partial charge in [-0.1, -0.05) is 224 Å². The van der Waals surface area contributed by atoms with Crippen LogP contribution in [0.15, 0.2) is 279 Å². The molecule has 0 fully saturated rings. The van der Waals surface area contributed by atoms with Crippen LogP contribution < -0.4 is 4.90 Å². The fourth-order valence-electron chi connectivity index (χ4n) is 13.6. The second-order valence-corrected chi connectivity index (χ2v) is 20.3. The second kappa shape index (κ2) is 16.1. The zero-order valence-corrected chi connectivity index (χ0v) is 41.0. The van der Waals surface area contributed by atoms with Crippen molar-refractivity contribution in [3.05, 3.63) is 324 Å². The maximum Gasteiger partial charge on any atom is 0.0726 e. The molecule has 75 heavy (non-hydrogen) atoms. The van der Waals surface area contributed by atoms with Crippen molar-refractivity contribution in [1.29, 1.82) is 0 Å². The van der Waals surface area contributed by atoms with Gasteiger partial charge in [-0.15, -0.1) is 0 Å². The molecule has 0 saturated heterocycles. The van der Waals surface area contributed by atoms with Gasteiger partial charge < -0.3 is 9.47 Å². The molecule has 0 bridgehead atoms. The lowest BCUT2D eigenvalue weighted by Gasteiger charge is -2.32. The molecule has 12 aromatic carbocycles. The number of benzene rings is 12. The number of hydrogen-bond donors (Lipinski definition) is 0. The predicted octanol–water partition coefficient (Wildman–Crippen LogP) is 18.7. The Hall–Kier alpha value is -9.76. The summed E-state index contributed by atoms with van der Waals surface area (Å²) < 4.78 is 2.46. The molecule has 1 spiro atoms. The van der Waals surface area contributed by atoms with Gasteiger partial charge in [-0.05, 0) is 149 Å². The highest BCUT2D eigenvalue weighted by Gasteiger charge is 2.51. The molecule has 0 unspecified atom stereocenters.